The molecule has 0 spiro atoms. The Bertz CT molecular complexity index is 1060. The molecule has 160 valence electrons. The van der Waals surface area contributed by atoms with Crippen LogP contribution < -0.4 is 10.1 Å². The Morgan fingerprint density at radius 1 is 1.23 bits per heavy atom. The normalized spacial score (nSPS) is 19.4. The molecule has 0 saturated heterocycles. The number of rotatable bonds is 7. The molecule has 3 atom stereocenters. The molecule has 2 unspecified atom stereocenters. The van der Waals surface area contributed by atoms with Crippen molar-refractivity contribution < 1.29 is 27.0 Å². The van der Waals surface area contributed by atoms with Crippen LogP contribution >= 0.6 is 11.6 Å². The summed E-state index contributed by atoms with van der Waals surface area (Å²) in [7, 11) is -4.21. The third-order valence-corrected chi connectivity index (χ3v) is 7.31. The van der Waals surface area contributed by atoms with Crippen LogP contribution in [0.15, 0.2) is 41.3 Å². The highest BCUT2D eigenvalue weighted by molar-refractivity contribution is 7.91. The summed E-state index contributed by atoms with van der Waals surface area (Å²) in [5.41, 5.74) is -0.409. The van der Waals surface area contributed by atoms with Gasteiger partial charge in [-0.05, 0) is 42.8 Å². The van der Waals surface area contributed by atoms with Crippen molar-refractivity contribution in [3.8, 4) is 11.8 Å². The van der Waals surface area contributed by atoms with Crippen LogP contribution in [-0.2, 0) is 9.84 Å². The average molecular weight is 457 g/mol. The Kier molecular flexibility index (Phi) is 6.93. The third kappa shape index (κ3) is 4.42. The zero-order valence-corrected chi connectivity index (χ0v) is 17.3. The molecule has 6 nitrogen and oxygen atoms in total. The second kappa shape index (κ2) is 9.27. The van der Waals surface area contributed by atoms with Crippen molar-refractivity contribution in [2.45, 2.75) is 35.1 Å². The minimum absolute atomic E-state index is 0.0107. The first kappa shape index (κ1) is 22.4. The maximum absolute atomic E-state index is 14.8. The molecule has 3 rings (SSSR count). The predicted octanol–water partition coefficient (Wildman–Crippen LogP) is 3.15. The number of hydrogen-bond acceptors (Lipinski definition) is 6. The summed E-state index contributed by atoms with van der Waals surface area (Å²) in [6.07, 6.45) is 0.166. The van der Waals surface area contributed by atoms with Gasteiger partial charge in [-0.1, -0.05) is 11.6 Å². The van der Waals surface area contributed by atoms with Crippen molar-refractivity contribution >= 4 is 21.4 Å². The van der Waals surface area contributed by atoms with E-state index in [4.69, 9.17) is 21.6 Å². The Labute approximate surface area is 178 Å². The van der Waals surface area contributed by atoms with Crippen LogP contribution in [-0.4, -0.2) is 38.8 Å². The van der Waals surface area contributed by atoms with E-state index in [0.717, 1.165) is 12.1 Å². The largest absolute Gasteiger partial charge is 0.488 e. The molecule has 2 aromatic rings. The number of benzene rings is 2. The SMILES string of the molecule is N#CC[C@H](CCO)NC1COc2c(F)ccc(F)c2C1S(=O)(=O)c1ccc(Cl)cc1. The van der Waals surface area contributed by atoms with Gasteiger partial charge in [0.1, 0.15) is 17.7 Å². The fourth-order valence-corrected chi connectivity index (χ4v) is 5.57. The van der Waals surface area contributed by atoms with Gasteiger partial charge >= 0.3 is 0 Å². The van der Waals surface area contributed by atoms with E-state index in [9.17, 15) is 22.3 Å². The van der Waals surface area contributed by atoms with Gasteiger partial charge in [0.05, 0.1) is 29.0 Å². The van der Waals surface area contributed by atoms with Gasteiger partial charge in [0, 0.05) is 17.7 Å². The van der Waals surface area contributed by atoms with E-state index in [1.807, 2.05) is 6.07 Å². The van der Waals surface area contributed by atoms with Crippen LogP contribution in [0.2, 0.25) is 5.02 Å². The summed E-state index contributed by atoms with van der Waals surface area (Å²) in [5.74, 6) is -2.24. The number of sulfone groups is 1. The van der Waals surface area contributed by atoms with Crippen molar-refractivity contribution in [2.75, 3.05) is 13.2 Å². The number of nitrogens with zero attached hydrogens (tertiary/aromatic N) is 1. The molecule has 2 N–H and O–H groups in total. The van der Waals surface area contributed by atoms with Crippen molar-refractivity contribution in [1.82, 2.24) is 5.32 Å². The second-order valence-electron chi connectivity index (χ2n) is 6.85. The number of halogens is 3. The highest BCUT2D eigenvalue weighted by Gasteiger charge is 2.44. The molecule has 0 aromatic heterocycles. The lowest BCUT2D eigenvalue weighted by Gasteiger charge is -2.36. The number of hydrogen-bond donors (Lipinski definition) is 2. The summed E-state index contributed by atoms with van der Waals surface area (Å²) in [5, 5.41) is 20.0. The van der Waals surface area contributed by atoms with Gasteiger partial charge in [-0.15, -0.1) is 0 Å². The first-order valence-corrected chi connectivity index (χ1v) is 11.1. The van der Waals surface area contributed by atoms with E-state index in [1.54, 1.807) is 0 Å². The van der Waals surface area contributed by atoms with Crippen LogP contribution in [0, 0.1) is 23.0 Å². The zero-order chi connectivity index (χ0) is 21.9. The van der Waals surface area contributed by atoms with Crippen LogP contribution in [0.25, 0.3) is 0 Å². The van der Waals surface area contributed by atoms with Gasteiger partial charge in [0.15, 0.2) is 21.4 Å². The van der Waals surface area contributed by atoms with E-state index < -0.39 is 50.1 Å². The van der Waals surface area contributed by atoms with Crippen LogP contribution in [0.3, 0.4) is 0 Å². The third-order valence-electron chi connectivity index (χ3n) is 4.89. The topological polar surface area (TPSA) is 99.4 Å². The molecule has 1 heterocycles. The van der Waals surface area contributed by atoms with Crippen molar-refractivity contribution in [2.24, 2.45) is 0 Å². The van der Waals surface area contributed by atoms with Gasteiger partial charge in [-0.3, -0.25) is 0 Å². The number of ether oxygens (including phenoxy) is 1. The Morgan fingerprint density at radius 2 is 1.90 bits per heavy atom. The molecule has 1 aliphatic rings. The lowest BCUT2D eigenvalue weighted by atomic mass is 9.99. The van der Waals surface area contributed by atoms with E-state index in [-0.39, 0.29) is 31.0 Å². The van der Waals surface area contributed by atoms with E-state index in [1.165, 1.54) is 24.3 Å². The first-order chi connectivity index (χ1) is 14.3. The molecule has 0 aliphatic carbocycles. The summed E-state index contributed by atoms with van der Waals surface area (Å²) < 4.78 is 61.4. The maximum atomic E-state index is 14.8. The highest BCUT2D eigenvalue weighted by atomic mass is 35.5. The molecule has 30 heavy (non-hydrogen) atoms. The molecule has 0 radical (unpaired) electrons. The molecule has 0 fully saturated rings. The first-order valence-electron chi connectivity index (χ1n) is 9.13. The molecule has 0 amide bonds. The fraction of sp³-hybridized carbons (Fsp3) is 0.350. The van der Waals surface area contributed by atoms with Gasteiger partial charge in [-0.25, -0.2) is 17.2 Å². The summed E-state index contributed by atoms with van der Waals surface area (Å²) >= 11 is 5.85. The Balaban J connectivity index is 2.12. The van der Waals surface area contributed by atoms with Gasteiger partial charge < -0.3 is 15.2 Å². The molecule has 2 aromatic carbocycles. The summed E-state index contributed by atoms with van der Waals surface area (Å²) in [6, 6.07) is 7.51. The molecule has 1 aliphatic heterocycles. The Hall–Kier alpha value is -2.25. The number of nitrogens with one attached hydrogen (secondary N) is 1. The van der Waals surface area contributed by atoms with E-state index in [0.29, 0.717) is 5.02 Å². The molecular formula is C20H19ClF2N2O4S. The number of nitriles is 1. The molecule has 10 heteroatoms. The number of fused-ring (bicyclic) bond motifs is 1. The van der Waals surface area contributed by atoms with E-state index >= 15 is 0 Å². The van der Waals surface area contributed by atoms with Gasteiger partial charge in [0.2, 0.25) is 0 Å². The van der Waals surface area contributed by atoms with Crippen molar-refractivity contribution in [3.63, 3.8) is 0 Å². The molecule has 0 saturated carbocycles. The van der Waals surface area contributed by atoms with Crippen molar-refractivity contribution in [3.05, 3.63) is 58.6 Å². The minimum atomic E-state index is -4.21. The lowest BCUT2D eigenvalue weighted by molar-refractivity contribution is 0.196. The monoisotopic (exact) mass is 456 g/mol. The van der Waals surface area contributed by atoms with Crippen LogP contribution in [0.1, 0.15) is 23.7 Å². The average Bonchev–Trinajstić information content (AvgIpc) is 2.71. The molecule has 0 bridgehead atoms. The van der Waals surface area contributed by atoms with Crippen LogP contribution in [0.4, 0.5) is 8.78 Å². The second-order valence-corrected chi connectivity index (χ2v) is 9.35. The summed E-state index contributed by atoms with van der Waals surface area (Å²) in [6.45, 7) is -0.501. The quantitative estimate of drug-likeness (QED) is 0.664. The van der Waals surface area contributed by atoms with E-state index in [2.05, 4.69) is 5.32 Å². The zero-order valence-electron chi connectivity index (χ0n) is 15.7. The fourth-order valence-electron chi connectivity index (χ4n) is 3.51. The lowest BCUT2D eigenvalue weighted by Crippen LogP contribution is -2.50. The Morgan fingerprint density at radius 3 is 2.53 bits per heavy atom. The predicted molar refractivity (Wildman–Crippen MR) is 106 cm³/mol. The van der Waals surface area contributed by atoms with Gasteiger partial charge in [0.25, 0.3) is 0 Å². The highest BCUT2D eigenvalue weighted by Crippen LogP contribution is 2.43. The number of aliphatic hydroxyl groups excluding tert-OH is 1. The standard InChI is InChI=1S/C20H19ClF2N2O4S/c21-12-1-3-14(4-2-12)30(27,28)20-17(25-13(7-9-24)8-10-26)11-29-19-16(23)6-5-15(22)18(19)20/h1-6,13,17,20,25-26H,7-8,10-11H2/t13-,17?,20?/m1/s1. The van der Waals surface area contributed by atoms with Crippen molar-refractivity contribution in [1.29, 1.82) is 5.26 Å². The minimum Gasteiger partial charge on any atom is -0.488 e. The number of aliphatic hydroxyl groups is 1. The molecular weight excluding hydrogens is 438 g/mol. The van der Waals surface area contributed by atoms with Crippen LogP contribution in [0.5, 0.6) is 5.75 Å². The van der Waals surface area contributed by atoms with Gasteiger partial charge in [-0.2, -0.15) is 5.26 Å². The smallest absolute Gasteiger partial charge is 0.187 e. The maximum Gasteiger partial charge on any atom is 0.187 e. The summed E-state index contributed by atoms with van der Waals surface area (Å²) in [4.78, 5) is -0.112.